The van der Waals surface area contributed by atoms with Crippen LogP contribution in [0.2, 0.25) is 0 Å². The summed E-state index contributed by atoms with van der Waals surface area (Å²) in [6, 6.07) is 14.9. The number of nitrogens with one attached hydrogen (secondary N) is 1. The van der Waals surface area contributed by atoms with E-state index in [1.807, 2.05) is 5.38 Å². The number of anilines is 1. The van der Waals surface area contributed by atoms with Crippen molar-refractivity contribution in [3.8, 4) is 17.3 Å². The lowest BCUT2D eigenvalue weighted by Gasteiger charge is -2.26. The molecule has 0 atom stereocenters. The van der Waals surface area contributed by atoms with Crippen LogP contribution in [0.5, 0.6) is 0 Å². The molecular formula is C21H18N4O4S2. The van der Waals surface area contributed by atoms with Crippen molar-refractivity contribution in [2.24, 2.45) is 0 Å². The van der Waals surface area contributed by atoms with E-state index in [1.165, 1.54) is 39.9 Å². The maximum atomic E-state index is 12.7. The molecule has 1 amide bonds. The number of ether oxygens (including phenoxy) is 1. The number of aromatic nitrogens is 1. The molecule has 2 heterocycles. The highest BCUT2D eigenvalue weighted by Crippen LogP contribution is 2.26. The first-order chi connectivity index (χ1) is 15.0. The number of thiazole rings is 1. The van der Waals surface area contributed by atoms with Crippen LogP contribution in [0.25, 0.3) is 11.3 Å². The second-order valence-electron chi connectivity index (χ2n) is 6.72. The summed E-state index contributed by atoms with van der Waals surface area (Å²) in [5, 5.41) is 13.9. The lowest BCUT2D eigenvalue weighted by molar-refractivity contribution is 0.0730. The smallest absolute Gasteiger partial charge is 0.257 e. The van der Waals surface area contributed by atoms with E-state index in [0.29, 0.717) is 48.3 Å². The van der Waals surface area contributed by atoms with Gasteiger partial charge in [0, 0.05) is 29.6 Å². The molecule has 1 aromatic heterocycles. The minimum absolute atomic E-state index is 0.142. The van der Waals surface area contributed by atoms with Crippen molar-refractivity contribution >= 4 is 32.4 Å². The minimum atomic E-state index is -3.60. The highest BCUT2D eigenvalue weighted by Gasteiger charge is 2.26. The second kappa shape index (κ2) is 8.95. The third-order valence-corrected chi connectivity index (χ3v) is 7.43. The summed E-state index contributed by atoms with van der Waals surface area (Å²) in [5.41, 5.74) is 2.42. The van der Waals surface area contributed by atoms with Gasteiger partial charge in [0.15, 0.2) is 5.13 Å². The Morgan fingerprint density at radius 2 is 1.77 bits per heavy atom. The highest BCUT2D eigenvalue weighted by molar-refractivity contribution is 7.89. The Morgan fingerprint density at radius 3 is 2.42 bits per heavy atom. The van der Waals surface area contributed by atoms with Crippen molar-refractivity contribution in [2.75, 3.05) is 31.6 Å². The molecule has 1 saturated heterocycles. The van der Waals surface area contributed by atoms with Gasteiger partial charge in [-0.2, -0.15) is 9.57 Å². The Kier molecular flexibility index (Phi) is 6.11. The standard InChI is InChI=1S/C21H18N4O4S2/c22-13-15-1-3-16(4-2-15)19-14-30-21(23-19)24-20(26)17-5-7-18(8-6-17)31(27,28)25-9-11-29-12-10-25/h1-8,14H,9-12H2,(H,23,24,26). The Hall–Kier alpha value is -3.10. The maximum Gasteiger partial charge on any atom is 0.257 e. The Balaban J connectivity index is 1.44. The van der Waals surface area contributed by atoms with E-state index in [-0.39, 0.29) is 10.8 Å². The molecule has 0 bridgehead atoms. The molecule has 1 aliphatic heterocycles. The summed E-state index contributed by atoms with van der Waals surface area (Å²) in [5.74, 6) is -0.379. The summed E-state index contributed by atoms with van der Waals surface area (Å²) >= 11 is 1.28. The molecule has 10 heteroatoms. The van der Waals surface area contributed by atoms with Gasteiger partial charge >= 0.3 is 0 Å². The minimum Gasteiger partial charge on any atom is -0.379 e. The fourth-order valence-corrected chi connectivity index (χ4v) is 5.19. The van der Waals surface area contributed by atoms with Gasteiger partial charge in [0.05, 0.1) is 35.4 Å². The van der Waals surface area contributed by atoms with Gasteiger partial charge in [-0.1, -0.05) is 12.1 Å². The van der Waals surface area contributed by atoms with Crippen molar-refractivity contribution in [1.29, 1.82) is 5.26 Å². The molecule has 1 aliphatic rings. The number of morpholine rings is 1. The number of benzene rings is 2. The zero-order valence-electron chi connectivity index (χ0n) is 16.3. The molecule has 8 nitrogen and oxygen atoms in total. The van der Waals surface area contributed by atoms with Crippen LogP contribution in [-0.4, -0.2) is 49.9 Å². The lowest BCUT2D eigenvalue weighted by atomic mass is 10.1. The van der Waals surface area contributed by atoms with E-state index in [2.05, 4.69) is 16.4 Å². The highest BCUT2D eigenvalue weighted by atomic mass is 32.2. The third kappa shape index (κ3) is 4.65. The number of sulfonamides is 1. The second-order valence-corrected chi connectivity index (χ2v) is 9.52. The van der Waals surface area contributed by atoms with Crippen LogP contribution in [-0.2, 0) is 14.8 Å². The zero-order valence-corrected chi connectivity index (χ0v) is 17.9. The Morgan fingerprint density at radius 1 is 1.10 bits per heavy atom. The normalized spacial score (nSPS) is 14.7. The summed E-state index contributed by atoms with van der Waals surface area (Å²) in [7, 11) is -3.60. The molecule has 1 N–H and O–H groups in total. The third-order valence-electron chi connectivity index (χ3n) is 4.76. The van der Waals surface area contributed by atoms with Gasteiger partial charge in [-0.05, 0) is 36.4 Å². The number of hydrogen-bond donors (Lipinski definition) is 1. The first-order valence-electron chi connectivity index (χ1n) is 9.43. The van der Waals surface area contributed by atoms with Crippen molar-refractivity contribution < 1.29 is 17.9 Å². The number of carbonyl (C=O) groups is 1. The molecule has 0 spiro atoms. The number of amides is 1. The first-order valence-corrected chi connectivity index (χ1v) is 11.7. The SMILES string of the molecule is N#Cc1ccc(-c2csc(NC(=O)c3ccc(S(=O)(=O)N4CCOCC4)cc3)n2)cc1. The zero-order chi connectivity index (χ0) is 21.8. The van der Waals surface area contributed by atoms with Crippen LogP contribution in [0.4, 0.5) is 5.13 Å². The Bertz CT molecular complexity index is 1220. The van der Waals surface area contributed by atoms with Gasteiger partial charge in [0.25, 0.3) is 5.91 Å². The molecule has 1 fully saturated rings. The molecule has 0 unspecified atom stereocenters. The molecule has 158 valence electrons. The molecule has 2 aromatic carbocycles. The molecule has 4 rings (SSSR count). The van der Waals surface area contributed by atoms with Crippen molar-refractivity contribution in [1.82, 2.24) is 9.29 Å². The van der Waals surface area contributed by atoms with E-state index < -0.39 is 10.0 Å². The van der Waals surface area contributed by atoms with Crippen LogP contribution in [0.1, 0.15) is 15.9 Å². The largest absolute Gasteiger partial charge is 0.379 e. The van der Waals surface area contributed by atoms with Gasteiger partial charge in [-0.3, -0.25) is 10.1 Å². The van der Waals surface area contributed by atoms with Gasteiger partial charge in [0.2, 0.25) is 10.0 Å². The predicted octanol–water partition coefficient (Wildman–Crippen LogP) is 2.95. The van der Waals surface area contributed by atoms with Gasteiger partial charge < -0.3 is 4.74 Å². The fourth-order valence-electron chi connectivity index (χ4n) is 3.06. The Labute approximate surface area is 183 Å². The lowest BCUT2D eigenvalue weighted by Crippen LogP contribution is -2.40. The topological polar surface area (TPSA) is 112 Å². The van der Waals surface area contributed by atoms with Crippen LogP contribution in [0.3, 0.4) is 0 Å². The number of rotatable bonds is 5. The average molecular weight is 455 g/mol. The summed E-state index contributed by atoms with van der Waals surface area (Å²) < 4.78 is 31.9. The number of nitriles is 1. The maximum absolute atomic E-state index is 12.7. The van der Waals surface area contributed by atoms with Gasteiger partial charge in [-0.15, -0.1) is 11.3 Å². The average Bonchev–Trinajstić information content (AvgIpc) is 3.28. The van der Waals surface area contributed by atoms with E-state index in [0.717, 1.165) is 5.56 Å². The van der Waals surface area contributed by atoms with Crippen LogP contribution >= 0.6 is 11.3 Å². The number of carbonyl (C=O) groups excluding carboxylic acids is 1. The summed E-state index contributed by atoms with van der Waals surface area (Å²) in [6.45, 7) is 1.38. The molecular weight excluding hydrogens is 436 g/mol. The summed E-state index contributed by atoms with van der Waals surface area (Å²) in [6.07, 6.45) is 0. The number of hydrogen-bond acceptors (Lipinski definition) is 7. The summed E-state index contributed by atoms with van der Waals surface area (Å²) in [4.78, 5) is 17.1. The first kappa shape index (κ1) is 21.1. The monoisotopic (exact) mass is 454 g/mol. The molecule has 0 radical (unpaired) electrons. The van der Waals surface area contributed by atoms with Crippen molar-refractivity contribution in [2.45, 2.75) is 4.90 Å². The van der Waals surface area contributed by atoms with Crippen LogP contribution in [0.15, 0.2) is 58.8 Å². The van der Waals surface area contributed by atoms with E-state index in [9.17, 15) is 13.2 Å². The van der Waals surface area contributed by atoms with E-state index in [4.69, 9.17) is 10.00 Å². The van der Waals surface area contributed by atoms with Gasteiger partial charge in [-0.25, -0.2) is 13.4 Å². The molecule has 31 heavy (non-hydrogen) atoms. The molecule has 0 aliphatic carbocycles. The molecule has 3 aromatic rings. The molecule has 0 saturated carbocycles. The van der Waals surface area contributed by atoms with Crippen molar-refractivity contribution in [3.63, 3.8) is 0 Å². The van der Waals surface area contributed by atoms with Crippen LogP contribution < -0.4 is 5.32 Å². The van der Waals surface area contributed by atoms with E-state index >= 15 is 0 Å². The fraction of sp³-hybridized carbons (Fsp3) is 0.190. The number of nitrogens with zero attached hydrogens (tertiary/aromatic N) is 3. The quantitative estimate of drug-likeness (QED) is 0.634. The van der Waals surface area contributed by atoms with Crippen LogP contribution in [0, 0.1) is 11.3 Å². The van der Waals surface area contributed by atoms with Crippen molar-refractivity contribution in [3.05, 3.63) is 65.0 Å². The predicted molar refractivity (Wildman–Crippen MR) is 116 cm³/mol. The van der Waals surface area contributed by atoms with E-state index in [1.54, 1.807) is 24.3 Å². The van der Waals surface area contributed by atoms with Gasteiger partial charge in [0.1, 0.15) is 0 Å².